The summed E-state index contributed by atoms with van der Waals surface area (Å²) < 4.78 is 13.4. The zero-order valence-corrected chi connectivity index (χ0v) is 24.9. The van der Waals surface area contributed by atoms with Crippen LogP contribution in [0.3, 0.4) is 0 Å². The maximum atomic E-state index is 12.5. The van der Waals surface area contributed by atoms with Gasteiger partial charge in [-0.2, -0.15) is 0 Å². The van der Waals surface area contributed by atoms with Gasteiger partial charge in [-0.3, -0.25) is 4.79 Å². The number of benzene rings is 3. The molecule has 1 N–H and O–H groups in total. The van der Waals surface area contributed by atoms with Gasteiger partial charge in [0.2, 0.25) is 0 Å². The number of thioether (sulfide) groups is 1. The molecule has 0 unspecified atom stereocenters. The van der Waals surface area contributed by atoms with Gasteiger partial charge in [0.05, 0.1) is 24.3 Å². The largest absolute Gasteiger partial charge is 0.494 e. The number of nitrogens with zero attached hydrogens (tertiary/aromatic N) is 1. The van der Waals surface area contributed by atoms with E-state index in [-0.39, 0.29) is 5.91 Å². The van der Waals surface area contributed by atoms with Crippen molar-refractivity contribution in [3.8, 4) is 11.5 Å². The van der Waals surface area contributed by atoms with Gasteiger partial charge < -0.3 is 14.8 Å². The van der Waals surface area contributed by atoms with Crippen LogP contribution in [0.4, 0.5) is 5.69 Å². The molecule has 3 aromatic carbocycles. The van der Waals surface area contributed by atoms with Crippen molar-refractivity contribution >= 4 is 103 Å². The fourth-order valence-corrected chi connectivity index (χ4v) is 6.55. The third-order valence-electron chi connectivity index (χ3n) is 4.73. The van der Waals surface area contributed by atoms with E-state index in [4.69, 9.17) is 32.7 Å². The van der Waals surface area contributed by atoms with Crippen molar-refractivity contribution in [1.29, 1.82) is 0 Å². The molecule has 35 heavy (non-hydrogen) atoms. The van der Waals surface area contributed by atoms with Gasteiger partial charge in [-0.1, -0.05) is 29.3 Å². The molecule has 0 atom stereocenters. The van der Waals surface area contributed by atoms with Crippen LogP contribution in [0.5, 0.6) is 11.5 Å². The molecule has 4 rings (SSSR count). The van der Waals surface area contributed by atoms with Crippen LogP contribution in [0.25, 0.3) is 6.08 Å². The van der Waals surface area contributed by atoms with Gasteiger partial charge in [0.1, 0.15) is 18.1 Å². The number of ether oxygens (including phenoxy) is 2. The molecule has 1 aliphatic heterocycles. The molecule has 1 fully saturated rings. The predicted octanol–water partition coefficient (Wildman–Crippen LogP) is 8.07. The normalized spacial score (nSPS) is 15.5. The van der Waals surface area contributed by atoms with E-state index in [1.165, 1.54) is 11.8 Å². The van der Waals surface area contributed by atoms with Crippen molar-refractivity contribution in [3.05, 3.63) is 87.8 Å². The first-order valence-corrected chi connectivity index (χ1v) is 14.1. The standard InChI is InChI=1S/C25H18Cl2I2N2O3S/c1-2-33-18-7-5-17(6-8-18)30-25-31-24(32)22(35-25)11-14-9-20(28)23(21(29)10-14)34-13-15-3-4-16(26)12-19(15)27/h3-12H,2,13H2,1H3,(H,30,31,32)/b22-11+. The molecule has 0 spiro atoms. The van der Waals surface area contributed by atoms with Crippen molar-refractivity contribution < 1.29 is 14.3 Å². The number of rotatable bonds is 7. The van der Waals surface area contributed by atoms with Gasteiger partial charge in [-0.15, -0.1) is 0 Å². The number of carbonyl (C=O) groups excluding carboxylic acids is 1. The van der Waals surface area contributed by atoms with Crippen LogP contribution < -0.4 is 14.8 Å². The molecule has 1 heterocycles. The average Bonchev–Trinajstić information content (AvgIpc) is 3.14. The second-order valence-electron chi connectivity index (χ2n) is 7.25. The minimum atomic E-state index is -0.178. The molecule has 1 saturated heterocycles. The summed E-state index contributed by atoms with van der Waals surface area (Å²) >= 11 is 18.0. The van der Waals surface area contributed by atoms with Crippen LogP contribution in [-0.2, 0) is 11.4 Å². The van der Waals surface area contributed by atoms with Crippen LogP contribution >= 0.6 is 80.1 Å². The first kappa shape index (κ1) is 26.6. The smallest absolute Gasteiger partial charge is 0.264 e. The van der Waals surface area contributed by atoms with Gasteiger partial charge in [0.15, 0.2) is 5.17 Å². The number of nitrogens with one attached hydrogen (secondary N) is 1. The predicted molar refractivity (Wildman–Crippen MR) is 161 cm³/mol. The van der Waals surface area contributed by atoms with Crippen LogP contribution in [-0.4, -0.2) is 17.7 Å². The molecule has 180 valence electrons. The second kappa shape index (κ2) is 12.2. The summed E-state index contributed by atoms with van der Waals surface area (Å²) in [5, 5.41) is 4.51. The highest BCUT2D eigenvalue weighted by Crippen LogP contribution is 2.34. The van der Waals surface area contributed by atoms with E-state index in [0.29, 0.717) is 33.3 Å². The summed E-state index contributed by atoms with van der Waals surface area (Å²) in [6, 6.07) is 16.7. The van der Waals surface area contributed by atoms with Crippen LogP contribution in [0.2, 0.25) is 10.0 Å². The molecule has 0 aromatic heterocycles. The molecule has 0 saturated carbocycles. The summed E-state index contributed by atoms with van der Waals surface area (Å²) in [4.78, 5) is 17.6. The molecule has 0 radical (unpaired) electrons. The lowest BCUT2D eigenvalue weighted by atomic mass is 10.2. The molecule has 1 amide bonds. The van der Waals surface area contributed by atoms with Crippen LogP contribution in [0, 0.1) is 7.14 Å². The van der Waals surface area contributed by atoms with Gasteiger partial charge in [-0.25, -0.2) is 4.99 Å². The van der Waals surface area contributed by atoms with Crippen molar-refractivity contribution in [1.82, 2.24) is 5.32 Å². The summed E-state index contributed by atoms with van der Waals surface area (Å²) in [6.07, 6.45) is 1.85. The second-order valence-corrected chi connectivity index (χ2v) is 11.4. The molecular formula is C25H18Cl2I2N2O3S. The van der Waals surface area contributed by atoms with Gasteiger partial charge in [0, 0.05) is 15.6 Å². The first-order valence-electron chi connectivity index (χ1n) is 10.4. The van der Waals surface area contributed by atoms with Crippen molar-refractivity contribution in [2.45, 2.75) is 13.5 Å². The Morgan fingerprint density at radius 1 is 1.03 bits per heavy atom. The first-order chi connectivity index (χ1) is 16.8. The zero-order valence-electron chi connectivity index (χ0n) is 18.3. The molecule has 0 aliphatic carbocycles. The summed E-state index contributed by atoms with van der Waals surface area (Å²) in [5.41, 5.74) is 2.49. The quantitative estimate of drug-likeness (QED) is 0.196. The maximum absolute atomic E-state index is 12.5. The molecule has 0 bridgehead atoms. The molecular weight excluding hydrogens is 733 g/mol. The van der Waals surface area contributed by atoms with E-state index < -0.39 is 0 Å². The van der Waals surface area contributed by atoms with Crippen molar-refractivity contribution in [2.75, 3.05) is 6.61 Å². The van der Waals surface area contributed by atoms with Crippen LogP contribution in [0.1, 0.15) is 18.1 Å². The SMILES string of the molecule is CCOc1ccc(N=C2NC(=O)/C(=C\c3cc(I)c(OCc4ccc(Cl)cc4Cl)c(I)c3)S2)cc1. The maximum Gasteiger partial charge on any atom is 0.264 e. The highest BCUT2D eigenvalue weighted by Gasteiger charge is 2.24. The summed E-state index contributed by atoms with van der Waals surface area (Å²) in [7, 11) is 0. The Morgan fingerprint density at radius 2 is 1.74 bits per heavy atom. The Labute approximate surface area is 244 Å². The number of amidine groups is 1. The highest BCUT2D eigenvalue weighted by molar-refractivity contribution is 14.1. The number of carbonyl (C=O) groups is 1. The molecule has 5 nitrogen and oxygen atoms in total. The Balaban J connectivity index is 1.47. The Hall–Kier alpha value is -1.47. The lowest BCUT2D eigenvalue weighted by Crippen LogP contribution is -2.19. The van der Waals surface area contributed by atoms with E-state index >= 15 is 0 Å². The van der Waals surface area contributed by atoms with Gasteiger partial charge in [0.25, 0.3) is 5.91 Å². The topological polar surface area (TPSA) is 59.9 Å². The molecule has 10 heteroatoms. The molecule has 1 aliphatic rings. The van der Waals surface area contributed by atoms with E-state index in [9.17, 15) is 4.79 Å². The number of hydrogen-bond donors (Lipinski definition) is 1. The average molecular weight is 751 g/mol. The van der Waals surface area contributed by atoms with E-state index in [2.05, 4.69) is 55.5 Å². The number of halogens is 4. The van der Waals surface area contributed by atoms with E-state index in [1.807, 2.05) is 55.5 Å². The van der Waals surface area contributed by atoms with Gasteiger partial charge >= 0.3 is 0 Å². The van der Waals surface area contributed by atoms with Gasteiger partial charge in [-0.05, 0) is 124 Å². The highest BCUT2D eigenvalue weighted by atomic mass is 127. The fourth-order valence-electron chi connectivity index (χ4n) is 3.12. The van der Waals surface area contributed by atoms with E-state index in [0.717, 1.165) is 35.5 Å². The monoisotopic (exact) mass is 750 g/mol. The number of amides is 1. The fraction of sp³-hybridized carbons (Fsp3) is 0.120. The molecule has 3 aromatic rings. The van der Waals surface area contributed by atoms with Crippen molar-refractivity contribution in [2.24, 2.45) is 4.99 Å². The minimum absolute atomic E-state index is 0.178. The van der Waals surface area contributed by atoms with E-state index in [1.54, 1.807) is 12.1 Å². The summed E-state index contributed by atoms with van der Waals surface area (Å²) in [6.45, 7) is 2.87. The third kappa shape index (κ3) is 7.06. The van der Waals surface area contributed by atoms with Crippen molar-refractivity contribution in [3.63, 3.8) is 0 Å². The lowest BCUT2D eigenvalue weighted by Gasteiger charge is -2.12. The zero-order chi connectivity index (χ0) is 24.9. The number of aliphatic imine (C=N–C) groups is 1. The van der Waals surface area contributed by atoms with Crippen LogP contribution in [0.15, 0.2) is 64.5 Å². The Morgan fingerprint density at radius 3 is 2.40 bits per heavy atom. The third-order valence-corrected chi connectivity index (χ3v) is 7.83. The minimum Gasteiger partial charge on any atom is -0.494 e. The Kier molecular flexibility index (Phi) is 9.25. The Bertz CT molecular complexity index is 1310. The lowest BCUT2D eigenvalue weighted by molar-refractivity contribution is -0.115. The number of hydrogen-bond acceptors (Lipinski definition) is 5. The summed E-state index contributed by atoms with van der Waals surface area (Å²) in [5.74, 6) is 1.37.